The van der Waals surface area contributed by atoms with Gasteiger partial charge in [-0.15, -0.1) is 0 Å². The zero-order valence-electron chi connectivity index (χ0n) is 16.1. The molecule has 0 aliphatic heterocycles. The lowest BCUT2D eigenvalue weighted by molar-refractivity contribution is 0.359. The lowest BCUT2D eigenvalue weighted by Crippen LogP contribution is -2.41. The van der Waals surface area contributed by atoms with Crippen LogP contribution in [0.25, 0.3) is 0 Å². The van der Waals surface area contributed by atoms with Crippen LogP contribution in [0.5, 0.6) is 0 Å². The predicted octanol–water partition coefficient (Wildman–Crippen LogP) is 3.55. The molecule has 0 saturated heterocycles. The van der Waals surface area contributed by atoms with E-state index in [1.54, 1.807) is 18.2 Å². The van der Waals surface area contributed by atoms with E-state index in [4.69, 9.17) is 0 Å². The Morgan fingerprint density at radius 2 is 1.61 bits per heavy atom. The Kier molecular flexibility index (Phi) is 5.13. The van der Waals surface area contributed by atoms with Crippen LogP contribution in [0, 0.1) is 11.2 Å². The molecule has 146 valence electrons. The van der Waals surface area contributed by atoms with Crippen molar-refractivity contribution in [1.29, 1.82) is 0 Å². The van der Waals surface area contributed by atoms with E-state index in [0.29, 0.717) is 11.5 Å². The van der Waals surface area contributed by atoms with Crippen LogP contribution >= 0.6 is 0 Å². The van der Waals surface area contributed by atoms with Gasteiger partial charge in [0.15, 0.2) is 0 Å². The maximum Gasteiger partial charge on any atom is 0.253 e. The Morgan fingerprint density at radius 1 is 0.964 bits per heavy atom. The van der Waals surface area contributed by atoms with Crippen LogP contribution in [0.1, 0.15) is 27.7 Å². The van der Waals surface area contributed by atoms with Gasteiger partial charge in [0.1, 0.15) is 23.0 Å². The van der Waals surface area contributed by atoms with Gasteiger partial charge in [0.25, 0.3) is 10.9 Å². The van der Waals surface area contributed by atoms with Gasteiger partial charge in [-0.25, -0.2) is 9.37 Å². The van der Waals surface area contributed by atoms with Gasteiger partial charge in [0.05, 0.1) is 0 Å². The molecule has 0 aliphatic rings. The van der Waals surface area contributed by atoms with Crippen LogP contribution in [0.2, 0.25) is 0 Å². The first-order chi connectivity index (χ1) is 13.1. The van der Waals surface area contributed by atoms with Crippen molar-refractivity contribution in [2.75, 3.05) is 16.0 Å². The van der Waals surface area contributed by atoms with Gasteiger partial charge in [-0.2, -0.15) is 4.98 Å². The maximum atomic E-state index is 13.0. The van der Waals surface area contributed by atoms with E-state index in [1.165, 1.54) is 18.3 Å². The maximum absolute atomic E-state index is 13.0. The molecule has 0 spiro atoms. The highest BCUT2D eigenvalue weighted by atomic mass is 19.1. The summed E-state index contributed by atoms with van der Waals surface area (Å²) in [6, 6.07) is 7.34. The van der Waals surface area contributed by atoms with Crippen LogP contribution in [0.15, 0.2) is 46.1 Å². The molecule has 1 heterocycles. The topological polar surface area (TPSA) is 96.0 Å². The highest BCUT2D eigenvalue weighted by molar-refractivity contribution is 5.78. The molecule has 0 fully saturated rings. The van der Waals surface area contributed by atoms with Crippen molar-refractivity contribution in [3.05, 3.63) is 62.8 Å². The number of benzene rings is 1. The zero-order valence-corrected chi connectivity index (χ0v) is 16.1. The molecule has 0 saturated carbocycles. The third-order valence-corrected chi connectivity index (χ3v) is 4.58. The molecule has 0 unspecified atom stereocenters. The summed E-state index contributed by atoms with van der Waals surface area (Å²) < 4.78 is 13.0. The number of nitrogens with zero attached hydrogens (tertiary/aromatic N) is 2. The highest BCUT2D eigenvalue weighted by Crippen LogP contribution is 2.26. The third kappa shape index (κ3) is 4.16. The second-order valence-corrected chi connectivity index (χ2v) is 7.66. The van der Waals surface area contributed by atoms with E-state index >= 15 is 0 Å². The first kappa shape index (κ1) is 19.5. The Hall–Kier alpha value is -3.29. The number of nitrogens with one attached hydrogen (secondary N) is 3. The SMILES string of the molecule is C[C@@H](Nc1c(Nc2ccnc(Nc3ccc(F)cc3)n2)c(=O)c1=O)C(C)(C)C. The summed E-state index contributed by atoms with van der Waals surface area (Å²) in [5.74, 6) is 0.289. The summed E-state index contributed by atoms with van der Waals surface area (Å²) in [5, 5.41) is 8.97. The van der Waals surface area contributed by atoms with Crippen molar-refractivity contribution in [3.63, 3.8) is 0 Å². The normalized spacial score (nSPS) is 12.6. The largest absolute Gasteiger partial charge is 0.377 e. The van der Waals surface area contributed by atoms with Gasteiger partial charge in [0.2, 0.25) is 5.95 Å². The number of rotatable bonds is 6. The fourth-order valence-corrected chi connectivity index (χ4v) is 2.36. The number of halogens is 1. The first-order valence-corrected chi connectivity index (χ1v) is 8.87. The van der Waals surface area contributed by atoms with Gasteiger partial charge >= 0.3 is 0 Å². The molecule has 28 heavy (non-hydrogen) atoms. The Balaban J connectivity index is 1.78. The van der Waals surface area contributed by atoms with E-state index in [1.807, 2.05) is 27.7 Å². The van der Waals surface area contributed by atoms with Crippen molar-refractivity contribution in [2.24, 2.45) is 5.41 Å². The average Bonchev–Trinajstić information content (AvgIpc) is 2.65. The molecule has 0 aliphatic carbocycles. The van der Waals surface area contributed by atoms with E-state index in [-0.39, 0.29) is 34.6 Å². The molecule has 3 rings (SSSR count). The molecular weight excluding hydrogens is 361 g/mol. The zero-order chi connectivity index (χ0) is 20.5. The van der Waals surface area contributed by atoms with E-state index in [0.717, 1.165) is 0 Å². The lowest BCUT2D eigenvalue weighted by atomic mass is 9.87. The van der Waals surface area contributed by atoms with Crippen molar-refractivity contribution in [1.82, 2.24) is 9.97 Å². The van der Waals surface area contributed by atoms with Crippen molar-refractivity contribution in [3.8, 4) is 0 Å². The van der Waals surface area contributed by atoms with Crippen molar-refractivity contribution in [2.45, 2.75) is 33.7 Å². The summed E-state index contributed by atoms with van der Waals surface area (Å²) in [7, 11) is 0. The second-order valence-electron chi connectivity index (χ2n) is 7.66. The summed E-state index contributed by atoms with van der Waals surface area (Å²) in [5.41, 5.74) is -0.147. The molecule has 7 nitrogen and oxygen atoms in total. The van der Waals surface area contributed by atoms with Crippen LogP contribution in [0.3, 0.4) is 0 Å². The number of aromatic nitrogens is 2. The molecule has 1 aromatic heterocycles. The third-order valence-electron chi connectivity index (χ3n) is 4.58. The summed E-state index contributed by atoms with van der Waals surface area (Å²) in [4.78, 5) is 32.4. The molecule has 1 atom stereocenters. The predicted molar refractivity (Wildman–Crippen MR) is 109 cm³/mol. The minimum Gasteiger partial charge on any atom is -0.377 e. The molecule has 3 N–H and O–H groups in total. The average molecular weight is 383 g/mol. The van der Waals surface area contributed by atoms with Gasteiger partial charge in [0, 0.05) is 17.9 Å². The van der Waals surface area contributed by atoms with Crippen LogP contribution in [0.4, 0.5) is 33.2 Å². The monoisotopic (exact) mass is 383 g/mol. The van der Waals surface area contributed by atoms with Gasteiger partial charge in [-0.3, -0.25) is 9.59 Å². The number of anilines is 5. The minimum absolute atomic E-state index is 0.0162. The van der Waals surface area contributed by atoms with E-state index in [9.17, 15) is 14.0 Å². The van der Waals surface area contributed by atoms with Gasteiger partial charge in [-0.05, 0) is 42.7 Å². The standard InChI is InChI=1S/C20H22FN5O2/c1-11(20(2,3)4)23-15-16(18(28)17(15)27)25-14-9-10-22-19(26-14)24-13-7-5-12(21)6-8-13/h5-11,23H,1-4H3,(H2,22,24,25,26)/t11-/m1/s1. The van der Waals surface area contributed by atoms with E-state index < -0.39 is 10.9 Å². The molecule has 0 radical (unpaired) electrons. The summed E-state index contributed by atoms with van der Waals surface area (Å²) in [6.07, 6.45) is 1.51. The molecule has 0 bridgehead atoms. The van der Waals surface area contributed by atoms with Gasteiger partial charge in [-0.1, -0.05) is 20.8 Å². The molecular formula is C20H22FN5O2. The number of hydrogen-bond acceptors (Lipinski definition) is 7. The lowest BCUT2D eigenvalue weighted by Gasteiger charge is -2.30. The fourth-order valence-electron chi connectivity index (χ4n) is 2.36. The second kappa shape index (κ2) is 7.38. The molecule has 0 amide bonds. The van der Waals surface area contributed by atoms with Crippen LogP contribution < -0.4 is 26.8 Å². The molecule has 3 aromatic rings. The highest BCUT2D eigenvalue weighted by Gasteiger charge is 2.27. The Bertz CT molecular complexity index is 1050. The van der Waals surface area contributed by atoms with E-state index in [2.05, 4.69) is 25.9 Å². The van der Waals surface area contributed by atoms with Crippen molar-refractivity contribution < 1.29 is 4.39 Å². The summed E-state index contributed by atoms with van der Waals surface area (Å²) in [6.45, 7) is 8.08. The first-order valence-electron chi connectivity index (χ1n) is 8.87. The fraction of sp³-hybridized carbons (Fsp3) is 0.300. The Morgan fingerprint density at radius 3 is 2.25 bits per heavy atom. The van der Waals surface area contributed by atoms with Crippen LogP contribution in [-0.4, -0.2) is 16.0 Å². The molecule has 8 heteroatoms. The van der Waals surface area contributed by atoms with Crippen molar-refractivity contribution >= 4 is 28.8 Å². The number of hydrogen-bond donors (Lipinski definition) is 3. The minimum atomic E-state index is -0.588. The Labute approximate surface area is 161 Å². The quantitative estimate of drug-likeness (QED) is 0.560. The van der Waals surface area contributed by atoms with Crippen LogP contribution in [-0.2, 0) is 0 Å². The molecule has 2 aromatic carbocycles. The van der Waals surface area contributed by atoms with Gasteiger partial charge < -0.3 is 16.0 Å². The summed E-state index contributed by atoms with van der Waals surface area (Å²) >= 11 is 0. The smallest absolute Gasteiger partial charge is 0.253 e.